The van der Waals surface area contributed by atoms with Crippen LogP contribution in [0.25, 0.3) is 11.1 Å². The fourth-order valence-electron chi connectivity index (χ4n) is 2.37. The van der Waals surface area contributed by atoms with E-state index in [2.05, 4.69) is 4.98 Å². The van der Waals surface area contributed by atoms with Crippen molar-refractivity contribution in [1.29, 1.82) is 0 Å². The summed E-state index contributed by atoms with van der Waals surface area (Å²) in [6, 6.07) is 4.51. The van der Waals surface area contributed by atoms with Crippen LogP contribution in [0.15, 0.2) is 22.6 Å². The van der Waals surface area contributed by atoms with Crippen molar-refractivity contribution in [1.82, 2.24) is 4.98 Å². The number of fused-ring (bicyclic) bond motifs is 1. The zero-order valence-corrected chi connectivity index (χ0v) is 8.82. The van der Waals surface area contributed by atoms with E-state index in [0.717, 1.165) is 19.3 Å². The third-order valence-corrected chi connectivity index (χ3v) is 3.25. The second-order valence-corrected chi connectivity index (χ2v) is 4.37. The van der Waals surface area contributed by atoms with Crippen LogP contribution < -0.4 is 5.73 Å². The van der Waals surface area contributed by atoms with Crippen LogP contribution in [-0.4, -0.2) is 11.0 Å². The summed E-state index contributed by atoms with van der Waals surface area (Å²) >= 11 is 0. The number of nitrogens with two attached hydrogens (primary N) is 1. The van der Waals surface area contributed by atoms with Gasteiger partial charge in [-0.2, -0.15) is 0 Å². The Morgan fingerprint density at radius 2 is 2.25 bits per heavy atom. The van der Waals surface area contributed by atoms with Gasteiger partial charge in [-0.3, -0.25) is 0 Å². The third-order valence-electron chi connectivity index (χ3n) is 3.25. The number of rotatable bonds is 1. The number of halogens is 1. The van der Waals surface area contributed by atoms with Crippen LogP contribution in [0.3, 0.4) is 0 Å². The average Bonchev–Trinajstić information content (AvgIpc) is 2.82. The number of aromatic nitrogens is 1. The van der Waals surface area contributed by atoms with Gasteiger partial charge in [0.25, 0.3) is 0 Å². The highest BCUT2D eigenvalue weighted by molar-refractivity contribution is 5.72. The molecular formula is C12H13FN2O. The van der Waals surface area contributed by atoms with Crippen molar-refractivity contribution in [3.63, 3.8) is 0 Å². The minimum absolute atomic E-state index is 0.123. The monoisotopic (exact) mass is 220 g/mol. The predicted octanol–water partition coefficient (Wildman–Crippen LogP) is 2.56. The SMILES string of the molecule is NC1CCCC1c1nc2cc(F)ccc2o1. The van der Waals surface area contributed by atoms with E-state index >= 15 is 0 Å². The summed E-state index contributed by atoms with van der Waals surface area (Å²) in [6.07, 6.45) is 3.13. The minimum atomic E-state index is -0.289. The molecule has 0 spiro atoms. The lowest BCUT2D eigenvalue weighted by molar-refractivity contribution is 0.449. The van der Waals surface area contributed by atoms with E-state index < -0.39 is 0 Å². The molecule has 1 heterocycles. The molecule has 3 nitrogen and oxygen atoms in total. The molecule has 1 saturated carbocycles. The van der Waals surface area contributed by atoms with Gasteiger partial charge in [0.15, 0.2) is 11.5 Å². The van der Waals surface area contributed by atoms with Crippen molar-refractivity contribution in [2.24, 2.45) is 5.73 Å². The lowest BCUT2D eigenvalue weighted by Gasteiger charge is -2.09. The first kappa shape index (κ1) is 9.78. The maximum absolute atomic E-state index is 13.0. The molecule has 0 bridgehead atoms. The molecule has 16 heavy (non-hydrogen) atoms. The van der Waals surface area contributed by atoms with Crippen LogP contribution in [0, 0.1) is 5.82 Å². The van der Waals surface area contributed by atoms with Crippen LogP contribution in [0.1, 0.15) is 31.1 Å². The molecule has 1 aromatic carbocycles. The Morgan fingerprint density at radius 1 is 1.38 bits per heavy atom. The summed E-state index contributed by atoms with van der Waals surface area (Å²) in [7, 11) is 0. The Kier molecular flexibility index (Phi) is 2.17. The van der Waals surface area contributed by atoms with Crippen LogP contribution in [0.2, 0.25) is 0 Å². The fourth-order valence-corrected chi connectivity index (χ4v) is 2.37. The number of oxazole rings is 1. The lowest BCUT2D eigenvalue weighted by atomic mass is 10.1. The standard InChI is InChI=1S/C12H13FN2O/c13-7-4-5-11-10(6-7)15-12(16-11)8-2-1-3-9(8)14/h4-6,8-9H,1-3,14H2. The van der Waals surface area contributed by atoms with E-state index in [4.69, 9.17) is 10.2 Å². The van der Waals surface area contributed by atoms with Gasteiger partial charge < -0.3 is 10.2 Å². The zero-order valence-electron chi connectivity index (χ0n) is 8.82. The van der Waals surface area contributed by atoms with Crippen molar-refractivity contribution in [2.45, 2.75) is 31.2 Å². The molecule has 0 radical (unpaired) electrons. The van der Waals surface area contributed by atoms with Crippen LogP contribution in [-0.2, 0) is 0 Å². The Hall–Kier alpha value is -1.42. The molecule has 84 valence electrons. The van der Waals surface area contributed by atoms with E-state index in [1.807, 2.05) is 0 Å². The van der Waals surface area contributed by atoms with Gasteiger partial charge in [-0.05, 0) is 25.0 Å². The lowest BCUT2D eigenvalue weighted by Crippen LogP contribution is -2.22. The Bertz CT molecular complexity index is 523. The van der Waals surface area contributed by atoms with Gasteiger partial charge in [0.05, 0.1) is 5.92 Å². The molecule has 2 unspecified atom stereocenters. The second kappa shape index (κ2) is 3.56. The van der Waals surface area contributed by atoms with Gasteiger partial charge in [0.2, 0.25) is 0 Å². The summed E-state index contributed by atoms with van der Waals surface area (Å²) in [4.78, 5) is 4.32. The number of nitrogens with zero attached hydrogens (tertiary/aromatic N) is 1. The van der Waals surface area contributed by atoms with Crippen LogP contribution >= 0.6 is 0 Å². The van der Waals surface area contributed by atoms with Gasteiger partial charge in [-0.1, -0.05) is 6.42 Å². The molecule has 1 aliphatic rings. The molecule has 4 heteroatoms. The van der Waals surface area contributed by atoms with E-state index in [1.54, 1.807) is 6.07 Å². The van der Waals surface area contributed by atoms with Gasteiger partial charge in [0.1, 0.15) is 11.3 Å². The molecular weight excluding hydrogens is 207 g/mol. The highest BCUT2D eigenvalue weighted by Gasteiger charge is 2.29. The van der Waals surface area contributed by atoms with E-state index in [-0.39, 0.29) is 17.8 Å². The van der Waals surface area contributed by atoms with Crippen LogP contribution in [0.4, 0.5) is 4.39 Å². The molecule has 2 aromatic rings. The van der Waals surface area contributed by atoms with Crippen molar-refractivity contribution >= 4 is 11.1 Å². The molecule has 1 fully saturated rings. The smallest absolute Gasteiger partial charge is 0.200 e. The summed E-state index contributed by atoms with van der Waals surface area (Å²) < 4.78 is 18.6. The molecule has 0 saturated heterocycles. The molecule has 0 aliphatic heterocycles. The second-order valence-electron chi connectivity index (χ2n) is 4.37. The van der Waals surface area contributed by atoms with E-state index in [1.165, 1.54) is 12.1 Å². The molecule has 3 rings (SSSR count). The van der Waals surface area contributed by atoms with Gasteiger partial charge in [-0.15, -0.1) is 0 Å². The quantitative estimate of drug-likeness (QED) is 0.803. The molecule has 1 aromatic heterocycles. The summed E-state index contributed by atoms with van der Waals surface area (Å²) in [5.41, 5.74) is 7.20. The highest BCUT2D eigenvalue weighted by Crippen LogP contribution is 2.34. The van der Waals surface area contributed by atoms with Crippen molar-refractivity contribution < 1.29 is 8.81 Å². The number of hydrogen-bond acceptors (Lipinski definition) is 3. The first-order chi connectivity index (χ1) is 7.74. The van der Waals surface area contributed by atoms with Crippen molar-refractivity contribution in [2.75, 3.05) is 0 Å². The minimum Gasteiger partial charge on any atom is -0.440 e. The molecule has 2 N–H and O–H groups in total. The Balaban J connectivity index is 2.04. The normalized spacial score (nSPS) is 25.4. The summed E-state index contributed by atoms with van der Waals surface area (Å²) in [5, 5.41) is 0. The average molecular weight is 220 g/mol. The fraction of sp³-hybridized carbons (Fsp3) is 0.417. The first-order valence-electron chi connectivity index (χ1n) is 5.55. The maximum atomic E-state index is 13.0. The van der Waals surface area contributed by atoms with Crippen molar-refractivity contribution in [3.8, 4) is 0 Å². The number of benzene rings is 1. The van der Waals surface area contributed by atoms with Crippen molar-refractivity contribution in [3.05, 3.63) is 29.9 Å². The maximum Gasteiger partial charge on any atom is 0.200 e. The summed E-state index contributed by atoms with van der Waals surface area (Å²) in [5.74, 6) is 0.559. The first-order valence-corrected chi connectivity index (χ1v) is 5.55. The molecule has 2 atom stereocenters. The van der Waals surface area contributed by atoms with Gasteiger partial charge >= 0.3 is 0 Å². The Labute approximate surface area is 92.5 Å². The van der Waals surface area contributed by atoms with Crippen LogP contribution in [0.5, 0.6) is 0 Å². The van der Waals surface area contributed by atoms with Gasteiger partial charge in [-0.25, -0.2) is 9.37 Å². The van der Waals surface area contributed by atoms with E-state index in [0.29, 0.717) is 17.0 Å². The highest BCUT2D eigenvalue weighted by atomic mass is 19.1. The molecule has 0 amide bonds. The topological polar surface area (TPSA) is 52.0 Å². The zero-order chi connectivity index (χ0) is 11.1. The predicted molar refractivity (Wildman–Crippen MR) is 58.5 cm³/mol. The largest absolute Gasteiger partial charge is 0.440 e. The molecule has 1 aliphatic carbocycles. The van der Waals surface area contributed by atoms with E-state index in [9.17, 15) is 4.39 Å². The Morgan fingerprint density at radius 3 is 3.00 bits per heavy atom. The third kappa shape index (κ3) is 1.50. The van der Waals surface area contributed by atoms with Gasteiger partial charge in [0, 0.05) is 12.1 Å². The number of hydrogen-bond donors (Lipinski definition) is 1. The summed E-state index contributed by atoms with van der Waals surface area (Å²) in [6.45, 7) is 0.